The number of aryl methyl sites for hydroxylation is 1. The Morgan fingerprint density at radius 3 is 2.70 bits per heavy atom. The molecule has 0 amide bonds. The van der Waals surface area contributed by atoms with Crippen molar-refractivity contribution in [1.82, 2.24) is 9.71 Å². The van der Waals surface area contributed by atoms with Gasteiger partial charge < -0.3 is 5.73 Å². The van der Waals surface area contributed by atoms with E-state index in [-0.39, 0.29) is 15.6 Å². The maximum absolute atomic E-state index is 12.4. The molecule has 2 rings (SSSR count). The van der Waals surface area contributed by atoms with Crippen LogP contribution in [0.3, 0.4) is 0 Å². The SMILES string of the molecule is Cc1cnc(C(C)NS(=O)(=O)c2c(N)cccc2Cl)s1. The van der Waals surface area contributed by atoms with Crippen LogP contribution in [0.25, 0.3) is 0 Å². The molecule has 1 aromatic carbocycles. The van der Waals surface area contributed by atoms with Crippen LogP contribution in [-0.4, -0.2) is 13.4 Å². The fourth-order valence-electron chi connectivity index (χ4n) is 1.72. The van der Waals surface area contributed by atoms with Crippen molar-refractivity contribution in [2.75, 3.05) is 5.73 Å². The highest BCUT2D eigenvalue weighted by Gasteiger charge is 2.24. The number of rotatable bonds is 4. The van der Waals surface area contributed by atoms with Crippen LogP contribution in [0.15, 0.2) is 29.3 Å². The summed E-state index contributed by atoms with van der Waals surface area (Å²) in [4.78, 5) is 5.09. The minimum absolute atomic E-state index is 0.0956. The molecular weight excluding hydrogens is 318 g/mol. The summed E-state index contributed by atoms with van der Waals surface area (Å²) in [6.07, 6.45) is 1.70. The van der Waals surface area contributed by atoms with Gasteiger partial charge in [0.1, 0.15) is 9.90 Å². The maximum atomic E-state index is 12.4. The standard InChI is InChI=1S/C12H14ClN3O2S2/c1-7-6-15-12(19-7)8(2)16-20(17,18)11-9(13)4-3-5-10(11)14/h3-6,8,16H,14H2,1-2H3. The van der Waals surface area contributed by atoms with Crippen LogP contribution < -0.4 is 10.5 Å². The van der Waals surface area contributed by atoms with E-state index in [0.717, 1.165) is 4.88 Å². The molecule has 1 unspecified atom stereocenters. The van der Waals surface area contributed by atoms with Crippen molar-refractivity contribution >= 4 is 38.6 Å². The lowest BCUT2D eigenvalue weighted by Gasteiger charge is -2.14. The Bertz CT molecular complexity index is 708. The smallest absolute Gasteiger partial charge is 0.244 e. The molecule has 0 saturated heterocycles. The van der Waals surface area contributed by atoms with Gasteiger partial charge in [-0.15, -0.1) is 11.3 Å². The van der Waals surface area contributed by atoms with E-state index in [1.807, 2.05) is 6.92 Å². The van der Waals surface area contributed by atoms with Crippen LogP contribution in [0.5, 0.6) is 0 Å². The molecule has 0 saturated carbocycles. The van der Waals surface area contributed by atoms with Crippen molar-refractivity contribution in [3.8, 4) is 0 Å². The van der Waals surface area contributed by atoms with Crippen molar-refractivity contribution < 1.29 is 8.42 Å². The molecule has 1 aromatic heterocycles. The number of anilines is 1. The predicted octanol–water partition coefficient (Wildman–Crippen LogP) is 2.73. The number of benzene rings is 1. The number of nitrogens with one attached hydrogen (secondary N) is 1. The fourth-order valence-corrected chi connectivity index (χ4v) is 4.46. The second kappa shape index (κ2) is 5.69. The van der Waals surface area contributed by atoms with E-state index in [9.17, 15) is 8.42 Å². The van der Waals surface area contributed by atoms with Gasteiger partial charge in [-0.05, 0) is 26.0 Å². The largest absolute Gasteiger partial charge is 0.398 e. The second-order valence-corrected chi connectivity index (χ2v) is 7.63. The topological polar surface area (TPSA) is 85.1 Å². The first-order chi connectivity index (χ1) is 9.31. The van der Waals surface area contributed by atoms with Crippen LogP contribution >= 0.6 is 22.9 Å². The van der Waals surface area contributed by atoms with Crippen LogP contribution in [0.2, 0.25) is 5.02 Å². The molecule has 0 aliphatic rings. The van der Waals surface area contributed by atoms with Crippen molar-refractivity contribution in [3.05, 3.63) is 39.3 Å². The average molecular weight is 332 g/mol. The molecule has 0 radical (unpaired) electrons. The second-order valence-electron chi connectivity index (χ2n) is 4.31. The number of hydrogen-bond acceptors (Lipinski definition) is 5. The Balaban J connectivity index is 2.32. The molecule has 0 aliphatic carbocycles. The first-order valence-corrected chi connectivity index (χ1v) is 8.47. The first-order valence-electron chi connectivity index (χ1n) is 5.80. The molecular formula is C12H14ClN3O2S2. The highest BCUT2D eigenvalue weighted by Crippen LogP contribution is 2.29. The van der Waals surface area contributed by atoms with Gasteiger partial charge in [0.25, 0.3) is 0 Å². The molecule has 1 atom stereocenters. The molecule has 5 nitrogen and oxygen atoms in total. The van der Waals surface area contributed by atoms with Crippen molar-refractivity contribution in [2.24, 2.45) is 0 Å². The Kier molecular flexibility index (Phi) is 4.33. The van der Waals surface area contributed by atoms with Crippen LogP contribution in [0.1, 0.15) is 22.9 Å². The van der Waals surface area contributed by atoms with Gasteiger partial charge in [-0.25, -0.2) is 18.1 Å². The Labute approximate surface area is 126 Å². The summed E-state index contributed by atoms with van der Waals surface area (Å²) in [6.45, 7) is 3.64. The zero-order valence-electron chi connectivity index (χ0n) is 10.9. The van der Waals surface area contributed by atoms with Crippen molar-refractivity contribution in [1.29, 1.82) is 0 Å². The number of halogens is 1. The molecule has 2 aromatic rings. The number of hydrogen-bond donors (Lipinski definition) is 2. The Morgan fingerprint density at radius 1 is 1.45 bits per heavy atom. The quantitative estimate of drug-likeness (QED) is 0.843. The lowest BCUT2D eigenvalue weighted by molar-refractivity contribution is 0.567. The molecule has 0 spiro atoms. The van der Waals surface area contributed by atoms with Crippen molar-refractivity contribution in [3.63, 3.8) is 0 Å². The molecule has 0 fully saturated rings. The van der Waals surface area contributed by atoms with E-state index in [4.69, 9.17) is 17.3 Å². The summed E-state index contributed by atoms with van der Waals surface area (Å²) < 4.78 is 27.3. The fraction of sp³-hybridized carbons (Fsp3) is 0.250. The van der Waals surface area contributed by atoms with Crippen LogP contribution in [-0.2, 0) is 10.0 Å². The lowest BCUT2D eigenvalue weighted by Crippen LogP contribution is -2.27. The zero-order chi connectivity index (χ0) is 14.9. The van der Waals surface area contributed by atoms with E-state index < -0.39 is 16.1 Å². The molecule has 0 aliphatic heterocycles. The lowest BCUT2D eigenvalue weighted by atomic mass is 10.3. The van der Waals surface area contributed by atoms with Gasteiger partial charge >= 0.3 is 0 Å². The highest BCUT2D eigenvalue weighted by molar-refractivity contribution is 7.89. The summed E-state index contributed by atoms with van der Waals surface area (Å²) >= 11 is 7.37. The molecule has 1 heterocycles. The summed E-state index contributed by atoms with van der Waals surface area (Å²) in [5, 5.41) is 0.789. The normalized spacial score (nSPS) is 13.3. The molecule has 20 heavy (non-hydrogen) atoms. The number of thiazole rings is 1. The van der Waals surface area contributed by atoms with Crippen LogP contribution in [0, 0.1) is 6.92 Å². The van der Waals surface area contributed by atoms with E-state index in [1.54, 1.807) is 19.2 Å². The van der Waals surface area contributed by atoms with Gasteiger partial charge in [-0.3, -0.25) is 0 Å². The van der Waals surface area contributed by atoms with E-state index in [2.05, 4.69) is 9.71 Å². The number of nitrogens with two attached hydrogens (primary N) is 1. The third kappa shape index (κ3) is 3.12. The van der Waals surface area contributed by atoms with Crippen molar-refractivity contribution in [2.45, 2.75) is 24.8 Å². The monoisotopic (exact) mass is 331 g/mol. The molecule has 8 heteroatoms. The van der Waals surface area contributed by atoms with Gasteiger partial charge in [0.15, 0.2) is 0 Å². The minimum Gasteiger partial charge on any atom is -0.398 e. The Hall–Kier alpha value is -1.15. The van der Waals surface area contributed by atoms with E-state index >= 15 is 0 Å². The Morgan fingerprint density at radius 2 is 2.15 bits per heavy atom. The van der Waals surface area contributed by atoms with E-state index in [0.29, 0.717) is 5.01 Å². The van der Waals surface area contributed by atoms with Crippen LogP contribution in [0.4, 0.5) is 5.69 Å². The number of nitrogens with zero attached hydrogens (tertiary/aromatic N) is 1. The summed E-state index contributed by atoms with van der Waals surface area (Å²) in [7, 11) is -3.80. The number of sulfonamides is 1. The van der Waals surface area contributed by atoms with Gasteiger partial charge in [-0.2, -0.15) is 0 Å². The third-order valence-corrected chi connectivity index (χ3v) is 5.79. The molecule has 108 valence electrons. The average Bonchev–Trinajstić information content (AvgIpc) is 2.74. The highest BCUT2D eigenvalue weighted by atomic mass is 35.5. The first kappa shape index (κ1) is 15.2. The van der Waals surface area contributed by atoms with E-state index in [1.165, 1.54) is 23.5 Å². The van der Waals surface area contributed by atoms with Gasteiger partial charge in [0, 0.05) is 11.1 Å². The number of aromatic nitrogens is 1. The van der Waals surface area contributed by atoms with Gasteiger partial charge in [0.2, 0.25) is 10.0 Å². The minimum atomic E-state index is -3.80. The zero-order valence-corrected chi connectivity index (χ0v) is 13.3. The van der Waals surface area contributed by atoms with Gasteiger partial charge in [-0.1, -0.05) is 17.7 Å². The summed E-state index contributed by atoms with van der Waals surface area (Å²) in [5.41, 5.74) is 5.83. The summed E-state index contributed by atoms with van der Waals surface area (Å²) in [5.74, 6) is 0. The predicted molar refractivity (Wildman–Crippen MR) is 81.5 cm³/mol. The number of nitrogen functional groups attached to an aromatic ring is 1. The summed E-state index contributed by atoms with van der Waals surface area (Å²) in [6, 6.07) is 4.14. The van der Waals surface area contributed by atoms with Gasteiger partial charge in [0.05, 0.1) is 16.8 Å². The third-order valence-electron chi connectivity index (χ3n) is 2.61. The maximum Gasteiger partial charge on any atom is 0.244 e. The molecule has 0 bridgehead atoms. The molecule has 3 N–H and O–H groups in total.